The number of rotatable bonds is 4. The summed E-state index contributed by atoms with van der Waals surface area (Å²) < 4.78 is 7.06. The van der Waals surface area contributed by atoms with Crippen molar-refractivity contribution in [2.75, 3.05) is 48.5 Å². The van der Waals surface area contributed by atoms with Crippen molar-refractivity contribution in [1.82, 2.24) is 35.4 Å². The third-order valence-corrected chi connectivity index (χ3v) is 6.51. The maximum absolute atomic E-state index is 13.2. The topological polar surface area (TPSA) is 130 Å². The number of tetrazole rings is 1. The van der Waals surface area contributed by atoms with Crippen molar-refractivity contribution in [2.45, 2.75) is 13.5 Å². The Bertz CT molecular complexity index is 1460. The van der Waals surface area contributed by atoms with E-state index >= 15 is 0 Å². The van der Waals surface area contributed by atoms with Crippen molar-refractivity contribution < 1.29 is 12.4 Å². The van der Waals surface area contributed by atoms with E-state index in [0.29, 0.717) is 37.0 Å². The summed E-state index contributed by atoms with van der Waals surface area (Å²) in [6.45, 7) is 5.21. The van der Waals surface area contributed by atoms with Gasteiger partial charge in [-0.2, -0.15) is 5.10 Å². The van der Waals surface area contributed by atoms with Gasteiger partial charge in [-0.25, -0.2) is 9.67 Å². The standard InChI is InChI=1S/C23H24N10O2.2H2/c1-14-18(13-33-23(31(14)2)28-29-30-33)22(34)25-16-3-4-19-17(12-16)21(27-26-19)15-5-6-24-20(11-15)32-7-9-35-10-8-32;;/h3-6,11-12H,7-10,13H2,1-2H3,(H,25,34)(H,26,27);2*1H. The van der Waals surface area contributed by atoms with E-state index in [-0.39, 0.29) is 8.76 Å². The highest BCUT2D eigenvalue weighted by atomic mass is 16.5. The fraction of sp³-hybridized carbons (Fsp3) is 0.304. The molecular formula is C23H28N10O2. The van der Waals surface area contributed by atoms with Crippen LogP contribution >= 0.6 is 0 Å². The number of hydrogen-bond acceptors (Lipinski definition) is 9. The van der Waals surface area contributed by atoms with Gasteiger partial charge >= 0.3 is 0 Å². The van der Waals surface area contributed by atoms with Gasteiger partial charge in [-0.3, -0.25) is 9.89 Å². The molecule has 0 atom stereocenters. The van der Waals surface area contributed by atoms with Crippen molar-refractivity contribution in [3.63, 3.8) is 0 Å². The number of aromatic amines is 1. The first-order valence-corrected chi connectivity index (χ1v) is 11.4. The number of nitrogens with one attached hydrogen (secondary N) is 2. The van der Waals surface area contributed by atoms with Crippen LogP contribution in [0.25, 0.3) is 22.2 Å². The van der Waals surface area contributed by atoms with E-state index in [4.69, 9.17) is 4.74 Å². The molecule has 182 valence electrons. The molecule has 0 spiro atoms. The van der Waals surface area contributed by atoms with Gasteiger partial charge in [0.1, 0.15) is 11.5 Å². The van der Waals surface area contributed by atoms with Gasteiger partial charge in [0.2, 0.25) is 5.95 Å². The molecule has 5 heterocycles. The molecule has 0 saturated carbocycles. The lowest BCUT2D eigenvalue weighted by Crippen LogP contribution is -2.36. The van der Waals surface area contributed by atoms with Crippen LogP contribution in [-0.2, 0) is 16.1 Å². The summed E-state index contributed by atoms with van der Waals surface area (Å²) in [6.07, 6.45) is 1.80. The van der Waals surface area contributed by atoms with E-state index in [0.717, 1.165) is 46.8 Å². The van der Waals surface area contributed by atoms with Crippen LogP contribution in [0.2, 0.25) is 0 Å². The van der Waals surface area contributed by atoms with E-state index in [9.17, 15) is 4.79 Å². The summed E-state index contributed by atoms with van der Waals surface area (Å²) in [5, 5.41) is 23.3. The highest BCUT2D eigenvalue weighted by Crippen LogP contribution is 2.31. The van der Waals surface area contributed by atoms with Crippen LogP contribution in [0.4, 0.5) is 17.5 Å². The molecular weight excluding hydrogens is 448 g/mol. The van der Waals surface area contributed by atoms with Gasteiger partial charge in [-0.05, 0) is 47.7 Å². The molecule has 35 heavy (non-hydrogen) atoms. The Balaban J connectivity index is 0.00000160. The molecule has 1 saturated heterocycles. The maximum atomic E-state index is 13.2. The van der Waals surface area contributed by atoms with Crippen LogP contribution in [0.3, 0.4) is 0 Å². The van der Waals surface area contributed by atoms with Crippen LogP contribution in [0.1, 0.15) is 9.78 Å². The summed E-state index contributed by atoms with van der Waals surface area (Å²) >= 11 is 0. The molecule has 0 bridgehead atoms. The first kappa shape index (κ1) is 21.2. The number of anilines is 3. The number of H-pyrrole nitrogens is 1. The van der Waals surface area contributed by atoms with E-state index < -0.39 is 0 Å². The molecule has 3 aromatic heterocycles. The lowest BCUT2D eigenvalue weighted by atomic mass is 10.1. The Morgan fingerprint density at radius 1 is 1.20 bits per heavy atom. The van der Waals surface area contributed by atoms with Crippen LogP contribution in [0.15, 0.2) is 47.8 Å². The van der Waals surface area contributed by atoms with E-state index in [1.807, 2.05) is 49.2 Å². The highest BCUT2D eigenvalue weighted by molar-refractivity contribution is 6.06. The number of carbonyl (C=O) groups excluding carboxylic acids is 1. The number of fused-ring (bicyclic) bond motifs is 2. The van der Waals surface area contributed by atoms with Crippen molar-refractivity contribution in [3.05, 3.63) is 47.8 Å². The molecule has 2 aliphatic heterocycles. The number of morpholine rings is 1. The maximum Gasteiger partial charge on any atom is 0.255 e. The van der Waals surface area contributed by atoms with Crippen molar-refractivity contribution >= 4 is 34.3 Å². The van der Waals surface area contributed by atoms with Gasteiger partial charge in [0.05, 0.1) is 30.8 Å². The molecule has 0 radical (unpaired) electrons. The predicted octanol–water partition coefficient (Wildman–Crippen LogP) is 2.30. The Morgan fingerprint density at radius 3 is 2.91 bits per heavy atom. The second kappa shape index (κ2) is 8.47. The summed E-state index contributed by atoms with van der Waals surface area (Å²) in [4.78, 5) is 21.7. The van der Waals surface area contributed by atoms with E-state index in [1.54, 1.807) is 10.9 Å². The third-order valence-electron chi connectivity index (χ3n) is 6.51. The summed E-state index contributed by atoms with van der Waals surface area (Å²) in [7, 11) is 1.84. The highest BCUT2D eigenvalue weighted by Gasteiger charge is 2.26. The van der Waals surface area contributed by atoms with Gasteiger partial charge in [0, 0.05) is 51.5 Å². The first-order chi connectivity index (χ1) is 17.1. The largest absolute Gasteiger partial charge is 0.378 e. The van der Waals surface area contributed by atoms with Gasteiger partial charge in [-0.1, -0.05) is 5.10 Å². The molecule has 12 nitrogen and oxygen atoms in total. The first-order valence-electron chi connectivity index (χ1n) is 11.4. The summed E-state index contributed by atoms with van der Waals surface area (Å²) in [6, 6.07) is 9.70. The third kappa shape index (κ3) is 3.77. The fourth-order valence-corrected chi connectivity index (χ4v) is 4.44. The van der Waals surface area contributed by atoms with Crippen LogP contribution < -0.4 is 15.1 Å². The quantitative estimate of drug-likeness (QED) is 0.456. The van der Waals surface area contributed by atoms with Gasteiger partial charge in [0.15, 0.2) is 0 Å². The number of carbonyl (C=O) groups is 1. The SMILES string of the molecule is CC1=C(C(=O)Nc2ccc3[nH]nc(-c4ccnc(N5CCOCC5)c4)c3c2)Cn2nnnc2N1C.[HH].[HH]. The Labute approximate surface area is 203 Å². The van der Waals surface area contributed by atoms with Gasteiger partial charge in [0.25, 0.3) is 5.91 Å². The molecule has 0 aliphatic carbocycles. The van der Waals surface area contributed by atoms with Crippen LogP contribution in [0.5, 0.6) is 0 Å². The minimum atomic E-state index is -0.196. The van der Waals surface area contributed by atoms with Crippen LogP contribution in [0, 0.1) is 0 Å². The Hall–Kier alpha value is -4.32. The zero-order chi connectivity index (χ0) is 23.9. The van der Waals surface area contributed by atoms with Crippen molar-refractivity contribution in [1.29, 1.82) is 0 Å². The molecule has 12 heteroatoms. The summed E-state index contributed by atoms with van der Waals surface area (Å²) in [5.41, 5.74) is 4.73. The zero-order valence-electron chi connectivity index (χ0n) is 19.4. The normalized spacial score (nSPS) is 16.1. The minimum Gasteiger partial charge on any atom is -0.378 e. The zero-order valence-corrected chi connectivity index (χ0v) is 19.4. The Morgan fingerprint density at radius 2 is 2.06 bits per heavy atom. The average Bonchev–Trinajstić information content (AvgIpc) is 3.54. The monoisotopic (exact) mass is 476 g/mol. The number of amides is 1. The van der Waals surface area contributed by atoms with Crippen LogP contribution in [-0.4, -0.2) is 74.6 Å². The number of aromatic nitrogens is 7. The predicted molar refractivity (Wildman–Crippen MR) is 134 cm³/mol. The van der Waals surface area contributed by atoms with Crippen molar-refractivity contribution in [3.8, 4) is 11.3 Å². The average molecular weight is 477 g/mol. The molecule has 4 aromatic rings. The molecule has 0 unspecified atom stereocenters. The van der Waals surface area contributed by atoms with E-state index in [1.165, 1.54) is 0 Å². The molecule has 1 amide bonds. The lowest BCUT2D eigenvalue weighted by Gasteiger charge is -2.27. The van der Waals surface area contributed by atoms with Gasteiger partial charge in [-0.15, -0.1) is 0 Å². The van der Waals surface area contributed by atoms with Gasteiger partial charge < -0.3 is 19.9 Å². The Kier molecular flexibility index (Phi) is 5.14. The molecule has 1 aromatic carbocycles. The second-order valence-electron chi connectivity index (χ2n) is 8.55. The minimum absolute atomic E-state index is 0. The molecule has 2 N–H and O–H groups in total. The number of allylic oxidation sites excluding steroid dienone is 1. The fourth-order valence-electron chi connectivity index (χ4n) is 4.44. The molecule has 6 rings (SSSR count). The van der Waals surface area contributed by atoms with Crippen molar-refractivity contribution in [2.24, 2.45) is 0 Å². The summed E-state index contributed by atoms with van der Waals surface area (Å²) in [5.74, 6) is 1.31. The smallest absolute Gasteiger partial charge is 0.255 e. The number of pyridine rings is 1. The number of ether oxygens (including phenoxy) is 1. The second-order valence-corrected chi connectivity index (χ2v) is 8.55. The number of hydrogen-bond donors (Lipinski definition) is 2. The molecule has 2 aliphatic rings. The molecule has 1 fully saturated rings. The number of nitrogens with zero attached hydrogens (tertiary/aromatic N) is 8. The lowest BCUT2D eigenvalue weighted by molar-refractivity contribution is -0.113. The van der Waals surface area contributed by atoms with E-state index in [2.05, 4.69) is 40.9 Å². The number of benzene rings is 1.